The van der Waals surface area contributed by atoms with Gasteiger partial charge in [-0.1, -0.05) is 0 Å². The van der Waals surface area contributed by atoms with E-state index in [1.807, 2.05) is 0 Å². The zero-order valence-corrected chi connectivity index (χ0v) is 10.9. The van der Waals surface area contributed by atoms with E-state index in [9.17, 15) is 13.2 Å². The molecule has 0 unspecified atom stereocenters. The standard InChI is InChI=1S/C10H16O4S2/c1-14-9(11)8-3-4-10(7-8)15-5-2-6-16(10,12)13/h8H,2-7H2,1H3/t8-,10-/m1/s1. The number of sulfone groups is 1. The van der Waals surface area contributed by atoms with E-state index in [-0.39, 0.29) is 17.6 Å². The van der Waals surface area contributed by atoms with Crippen molar-refractivity contribution in [2.75, 3.05) is 18.6 Å². The van der Waals surface area contributed by atoms with Gasteiger partial charge in [-0.3, -0.25) is 4.79 Å². The molecule has 1 aliphatic heterocycles. The molecule has 0 aromatic rings. The van der Waals surface area contributed by atoms with Crippen molar-refractivity contribution in [3.05, 3.63) is 0 Å². The van der Waals surface area contributed by atoms with E-state index in [0.29, 0.717) is 19.3 Å². The number of methoxy groups -OCH3 is 1. The smallest absolute Gasteiger partial charge is 0.308 e. The number of hydrogen-bond acceptors (Lipinski definition) is 5. The van der Waals surface area contributed by atoms with E-state index in [1.54, 1.807) is 0 Å². The van der Waals surface area contributed by atoms with Crippen LogP contribution in [0.1, 0.15) is 25.7 Å². The first-order chi connectivity index (χ1) is 7.51. The predicted molar refractivity (Wildman–Crippen MR) is 62.9 cm³/mol. The largest absolute Gasteiger partial charge is 0.469 e. The molecule has 2 atom stereocenters. The first kappa shape index (κ1) is 12.2. The van der Waals surface area contributed by atoms with Crippen LogP contribution in [0, 0.1) is 5.92 Å². The van der Waals surface area contributed by atoms with E-state index in [4.69, 9.17) is 4.74 Å². The van der Waals surface area contributed by atoms with Crippen LogP contribution in [0.25, 0.3) is 0 Å². The fourth-order valence-electron chi connectivity index (χ4n) is 2.54. The predicted octanol–water partition coefficient (Wildman–Crippen LogP) is 1.21. The van der Waals surface area contributed by atoms with E-state index in [2.05, 4.69) is 0 Å². The van der Waals surface area contributed by atoms with Crippen molar-refractivity contribution < 1.29 is 17.9 Å². The molecule has 4 nitrogen and oxygen atoms in total. The number of thioether (sulfide) groups is 1. The topological polar surface area (TPSA) is 60.4 Å². The van der Waals surface area contributed by atoms with E-state index in [1.165, 1.54) is 18.9 Å². The number of hydrogen-bond donors (Lipinski definition) is 0. The summed E-state index contributed by atoms with van der Waals surface area (Å²) in [6.07, 6.45) is 2.41. The maximum atomic E-state index is 12.1. The number of carbonyl (C=O) groups is 1. The Bertz CT molecular complexity index is 390. The molecule has 2 rings (SSSR count). The van der Waals surface area contributed by atoms with Crippen LogP contribution in [0.2, 0.25) is 0 Å². The van der Waals surface area contributed by atoms with Crippen molar-refractivity contribution in [3.63, 3.8) is 0 Å². The molecule has 2 fully saturated rings. The Morgan fingerprint density at radius 3 is 2.88 bits per heavy atom. The van der Waals surface area contributed by atoms with Gasteiger partial charge in [-0.05, 0) is 31.4 Å². The second-order valence-corrected chi connectivity index (χ2v) is 8.55. The molecule has 1 aliphatic carbocycles. The van der Waals surface area contributed by atoms with Crippen LogP contribution in [0.4, 0.5) is 0 Å². The molecular formula is C10H16O4S2. The monoisotopic (exact) mass is 264 g/mol. The van der Waals surface area contributed by atoms with Crippen LogP contribution in [0.15, 0.2) is 0 Å². The van der Waals surface area contributed by atoms with Gasteiger partial charge in [0.05, 0.1) is 18.8 Å². The summed E-state index contributed by atoms with van der Waals surface area (Å²) in [5, 5.41) is 0. The first-order valence-corrected chi connectivity index (χ1v) is 8.09. The summed E-state index contributed by atoms with van der Waals surface area (Å²) in [6.45, 7) is 0. The highest BCUT2D eigenvalue weighted by Gasteiger charge is 2.52. The highest BCUT2D eigenvalue weighted by Crippen LogP contribution is 2.51. The Balaban J connectivity index is 2.19. The summed E-state index contributed by atoms with van der Waals surface area (Å²) < 4.78 is 28.2. The first-order valence-electron chi connectivity index (χ1n) is 5.45. The molecule has 92 valence electrons. The van der Waals surface area contributed by atoms with Gasteiger partial charge < -0.3 is 4.74 Å². The average Bonchev–Trinajstić information content (AvgIpc) is 2.68. The molecule has 2 aliphatic rings. The molecule has 0 aromatic carbocycles. The minimum absolute atomic E-state index is 0.231. The maximum absolute atomic E-state index is 12.1. The Labute approximate surface area is 100 Å². The maximum Gasteiger partial charge on any atom is 0.308 e. The Kier molecular flexibility index (Phi) is 3.22. The highest BCUT2D eigenvalue weighted by atomic mass is 32.3. The van der Waals surface area contributed by atoms with Crippen molar-refractivity contribution in [1.29, 1.82) is 0 Å². The van der Waals surface area contributed by atoms with E-state index in [0.717, 1.165) is 12.2 Å². The van der Waals surface area contributed by atoms with Gasteiger partial charge in [0, 0.05) is 0 Å². The molecule has 0 bridgehead atoms. The summed E-state index contributed by atoms with van der Waals surface area (Å²) in [5.74, 6) is 0.657. The lowest BCUT2D eigenvalue weighted by atomic mass is 10.1. The summed E-state index contributed by atoms with van der Waals surface area (Å²) in [7, 11) is -1.69. The molecular weight excluding hydrogens is 248 g/mol. The third-order valence-corrected chi connectivity index (χ3v) is 8.29. The summed E-state index contributed by atoms with van der Waals surface area (Å²) in [4.78, 5) is 11.4. The minimum Gasteiger partial charge on any atom is -0.469 e. The van der Waals surface area contributed by atoms with Gasteiger partial charge in [-0.2, -0.15) is 0 Å². The lowest BCUT2D eigenvalue weighted by molar-refractivity contribution is -0.145. The highest BCUT2D eigenvalue weighted by molar-refractivity contribution is 8.15. The minimum atomic E-state index is -3.04. The molecule has 0 amide bonds. The fraction of sp³-hybridized carbons (Fsp3) is 0.900. The second-order valence-electron chi connectivity index (χ2n) is 4.39. The summed E-state index contributed by atoms with van der Waals surface area (Å²) in [5.41, 5.74) is 0. The fourth-order valence-corrected chi connectivity index (χ4v) is 6.96. The van der Waals surface area contributed by atoms with Gasteiger partial charge in [0.25, 0.3) is 0 Å². The number of carbonyl (C=O) groups excluding carboxylic acids is 1. The zero-order valence-electron chi connectivity index (χ0n) is 9.27. The third kappa shape index (κ3) is 1.86. The normalized spacial score (nSPS) is 37.4. The SMILES string of the molecule is COC(=O)[C@@H]1CC[C@@]2(C1)SCCCS2(=O)=O. The number of ether oxygens (including phenoxy) is 1. The second kappa shape index (κ2) is 4.22. The van der Waals surface area contributed by atoms with Crippen LogP contribution < -0.4 is 0 Å². The third-order valence-electron chi connectivity index (χ3n) is 3.45. The Hall–Kier alpha value is -0.230. The van der Waals surface area contributed by atoms with Crippen LogP contribution in [0.5, 0.6) is 0 Å². The van der Waals surface area contributed by atoms with Gasteiger partial charge in [-0.15, -0.1) is 11.8 Å². The quantitative estimate of drug-likeness (QED) is 0.666. The summed E-state index contributed by atoms with van der Waals surface area (Å²) in [6, 6.07) is 0. The Morgan fingerprint density at radius 1 is 1.50 bits per heavy atom. The zero-order chi connectivity index (χ0) is 11.8. The Morgan fingerprint density at radius 2 is 2.25 bits per heavy atom. The number of esters is 1. The summed E-state index contributed by atoms with van der Waals surface area (Å²) >= 11 is 1.52. The molecule has 16 heavy (non-hydrogen) atoms. The molecule has 1 saturated carbocycles. The van der Waals surface area contributed by atoms with Crippen LogP contribution in [0.3, 0.4) is 0 Å². The molecule has 0 aromatic heterocycles. The van der Waals surface area contributed by atoms with Gasteiger partial charge >= 0.3 is 5.97 Å². The van der Waals surface area contributed by atoms with Crippen LogP contribution >= 0.6 is 11.8 Å². The lowest BCUT2D eigenvalue weighted by Crippen LogP contribution is -2.38. The number of rotatable bonds is 1. The van der Waals surface area contributed by atoms with E-state index < -0.39 is 13.9 Å². The van der Waals surface area contributed by atoms with Crippen molar-refractivity contribution in [2.24, 2.45) is 5.92 Å². The van der Waals surface area contributed by atoms with Gasteiger partial charge in [-0.25, -0.2) is 8.42 Å². The van der Waals surface area contributed by atoms with Gasteiger partial charge in [0.2, 0.25) is 0 Å². The molecule has 1 saturated heterocycles. The lowest BCUT2D eigenvalue weighted by Gasteiger charge is -2.32. The van der Waals surface area contributed by atoms with Crippen LogP contribution in [-0.2, 0) is 19.4 Å². The molecule has 6 heteroatoms. The van der Waals surface area contributed by atoms with Crippen molar-refractivity contribution >= 4 is 27.6 Å². The molecule has 1 spiro atoms. The van der Waals surface area contributed by atoms with Crippen molar-refractivity contribution in [2.45, 2.75) is 29.8 Å². The van der Waals surface area contributed by atoms with Crippen molar-refractivity contribution in [1.82, 2.24) is 0 Å². The van der Waals surface area contributed by atoms with Crippen molar-refractivity contribution in [3.8, 4) is 0 Å². The molecule has 1 heterocycles. The van der Waals surface area contributed by atoms with Crippen LogP contribution in [-0.4, -0.2) is 37.1 Å². The van der Waals surface area contributed by atoms with E-state index >= 15 is 0 Å². The molecule has 0 radical (unpaired) electrons. The van der Waals surface area contributed by atoms with Gasteiger partial charge in [0.1, 0.15) is 4.08 Å². The molecule has 0 N–H and O–H groups in total. The van der Waals surface area contributed by atoms with Gasteiger partial charge in [0.15, 0.2) is 9.84 Å². The average molecular weight is 264 g/mol.